The Kier molecular flexibility index (Phi) is 2.33. The van der Waals surface area contributed by atoms with Crippen molar-refractivity contribution in [3.63, 3.8) is 0 Å². The Morgan fingerprint density at radius 1 is 1.30 bits per heavy atom. The van der Waals surface area contributed by atoms with Gasteiger partial charge in [0.05, 0.1) is 0 Å². The van der Waals surface area contributed by atoms with Gasteiger partial charge in [0.1, 0.15) is 9.99 Å². The van der Waals surface area contributed by atoms with Crippen LogP contribution in [0.4, 0.5) is 0 Å². The van der Waals surface area contributed by atoms with Crippen LogP contribution in [0, 0.1) is 0 Å². The molecular formula is C6H13NO2S. The molecule has 0 spiro atoms. The highest BCUT2D eigenvalue weighted by atomic mass is 32.2. The zero-order chi connectivity index (χ0) is 7.61. The second-order valence-electron chi connectivity index (χ2n) is 2.60. The second-order valence-corrected chi connectivity index (χ2v) is 4.33. The third-order valence-electron chi connectivity index (χ3n) is 1.72. The van der Waals surface area contributed by atoms with E-state index in [9.17, 15) is 4.21 Å². The van der Waals surface area contributed by atoms with E-state index in [0.717, 1.165) is 25.9 Å². The summed E-state index contributed by atoms with van der Waals surface area (Å²) in [6.07, 6.45) is 3.21. The molecule has 1 aliphatic rings. The average Bonchev–Trinajstić information content (AvgIpc) is 1.88. The van der Waals surface area contributed by atoms with Crippen LogP contribution in [-0.2, 0) is 9.99 Å². The third-order valence-corrected chi connectivity index (χ3v) is 2.89. The van der Waals surface area contributed by atoms with Gasteiger partial charge < -0.3 is 4.55 Å². The van der Waals surface area contributed by atoms with Crippen LogP contribution in [-0.4, -0.2) is 32.0 Å². The van der Waals surface area contributed by atoms with Crippen LogP contribution in [0.15, 0.2) is 0 Å². The molecule has 0 radical (unpaired) electrons. The Bertz CT molecular complexity index is 192. The van der Waals surface area contributed by atoms with E-state index in [1.807, 2.05) is 0 Å². The summed E-state index contributed by atoms with van der Waals surface area (Å²) in [5.74, 6) is 3.20. The molecule has 0 aliphatic carbocycles. The summed E-state index contributed by atoms with van der Waals surface area (Å²) in [5.41, 5.74) is 0. The van der Waals surface area contributed by atoms with Crippen LogP contribution >= 0.6 is 0 Å². The quantitative estimate of drug-likeness (QED) is 0.574. The Morgan fingerprint density at radius 3 is 2.10 bits per heavy atom. The summed E-state index contributed by atoms with van der Waals surface area (Å²) in [6.45, 7) is 1.44. The smallest absolute Gasteiger partial charge is 0.140 e. The van der Waals surface area contributed by atoms with Crippen molar-refractivity contribution in [3.8, 4) is 0 Å². The number of hydrogen-bond donors (Lipinski definition) is 1. The second kappa shape index (κ2) is 2.90. The molecule has 3 nitrogen and oxygen atoms in total. The standard InChI is InChI=1S/C6H13NO2S/c1-10(8,9)7-5-3-2-4-6-7/h1-6H2,(H,8,9). The lowest BCUT2D eigenvalue weighted by atomic mass is 10.2. The zero-order valence-electron chi connectivity index (χ0n) is 5.95. The van der Waals surface area contributed by atoms with Gasteiger partial charge in [0.25, 0.3) is 0 Å². The summed E-state index contributed by atoms with van der Waals surface area (Å²) in [5, 5.41) is 0. The molecule has 1 heterocycles. The fourth-order valence-corrected chi connectivity index (χ4v) is 1.98. The largest absolute Gasteiger partial charge is 0.302 e. The Hall–Kier alpha value is -0.0600. The van der Waals surface area contributed by atoms with Crippen LogP contribution < -0.4 is 0 Å². The van der Waals surface area contributed by atoms with Crippen LogP contribution in [0.5, 0.6) is 0 Å². The predicted octanol–water partition coefficient (Wildman–Crippen LogP) is 0.577. The third kappa shape index (κ3) is 1.97. The minimum absolute atomic E-state index is 0.721. The molecule has 1 unspecified atom stereocenters. The van der Waals surface area contributed by atoms with Crippen molar-refractivity contribution in [2.45, 2.75) is 19.3 Å². The normalized spacial score (nSPS) is 27.7. The average molecular weight is 163 g/mol. The highest BCUT2D eigenvalue weighted by Gasteiger charge is 2.15. The maximum absolute atomic E-state index is 10.9. The Labute approximate surface area is 62.0 Å². The first-order chi connectivity index (χ1) is 4.61. The molecule has 0 saturated carbocycles. The van der Waals surface area contributed by atoms with Crippen molar-refractivity contribution in [2.75, 3.05) is 13.1 Å². The van der Waals surface area contributed by atoms with E-state index in [-0.39, 0.29) is 0 Å². The predicted molar refractivity (Wildman–Crippen MR) is 43.3 cm³/mol. The van der Waals surface area contributed by atoms with Gasteiger partial charge in [-0.1, -0.05) is 6.42 Å². The van der Waals surface area contributed by atoms with Crippen LogP contribution in [0.25, 0.3) is 0 Å². The topological polar surface area (TPSA) is 40.5 Å². The molecule has 1 saturated heterocycles. The first-order valence-corrected chi connectivity index (χ1v) is 5.09. The number of hydrogen-bond acceptors (Lipinski definition) is 1. The van der Waals surface area contributed by atoms with Gasteiger partial charge in [0.15, 0.2) is 0 Å². The first-order valence-electron chi connectivity index (χ1n) is 3.45. The highest BCUT2D eigenvalue weighted by Crippen LogP contribution is 2.10. The molecule has 1 aliphatic heterocycles. The summed E-state index contributed by atoms with van der Waals surface area (Å²) in [4.78, 5) is 0. The van der Waals surface area contributed by atoms with E-state index in [1.54, 1.807) is 4.31 Å². The van der Waals surface area contributed by atoms with Crippen LogP contribution in [0.1, 0.15) is 19.3 Å². The summed E-state index contributed by atoms with van der Waals surface area (Å²) in [6, 6.07) is 0. The van der Waals surface area contributed by atoms with Crippen molar-refractivity contribution in [2.24, 2.45) is 0 Å². The molecule has 0 aromatic carbocycles. The molecule has 4 heteroatoms. The summed E-state index contributed by atoms with van der Waals surface area (Å²) in [7, 11) is -2.89. The van der Waals surface area contributed by atoms with Gasteiger partial charge in [-0.2, -0.15) is 0 Å². The molecule has 0 amide bonds. The van der Waals surface area contributed by atoms with Gasteiger partial charge in [-0.25, -0.2) is 8.51 Å². The molecule has 1 rings (SSSR count). The lowest BCUT2D eigenvalue weighted by molar-refractivity contribution is 0.336. The van der Waals surface area contributed by atoms with Crippen molar-refractivity contribution >= 4 is 15.9 Å². The molecule has 0 bridgehead atoms. The molecule has 10 heavy (non-hydrogen) atoms. The lowest BCUT2D eigenvalue weighted by Crippen LogP contribution is -2.34. The van der Waals surface area contributed by atoms with E-state index < -0.39 is 9.99 Å². The van der Waals surface area contributed by atoms with E-state index in [4.69, 9.17) is 4.55 Å². The van der Waals surface area contributed by atoms with E-state index >= 15 is 0 Å². The number of piperidine rings is 1. The van der Waals surface area contributed by atoms with Gasteiger partial charge in [0, 0.05) is 13.1 Å². The maximum Gasteiger partial charge on any atom is 0.140 e. The monoisotopic (exact) mass is 163 g/mol. The maximum atomic E-state index is 10.9. The molecule has 0 aromatic heterocycles. The summed E-state index contributed by atoms with van der Waals surface area (Å²) < 4.78 is 21.4. The van der Waals surface area contributed by atoms with Crippen molar-refractivity contribution in [1.82, 2.24) is 4.31 Å². The first kappa shape index (κ1) is 8.04. The molecule has 60 valence electrons. The van der Waals surface area contributed by atoms with E-state index in [0.29, 0.717) is 0 Å². The van der Waals surface area contributed by atoms with Gasteiger partial charge in [0.2, 0.25) is 0 Å². The van der Waals surface area contributed by atoms with Crippen LogP contribution in [0.3, 0.4) is 0 Å². The van der Waals surface area contributed by atoms with Gasteiger partial charge >= 0.3 is 0 Å². The van der Waals surface area contributed by atoms with Crippen molar-refractivity contribution in [1.29, 1.82) is 0 Å². The molecule has 1 atom stereocenters. The van der Waals surface area contributed by atoms with Crippen molar-refractivity contribution in [3.05, 3.63) is 0 Å². The molecular weight excluding hydrogens is 150 g/mol. The molecule has 1 fully saturated rings. The lowest BCUT2D eigenvalue weighted by Gasteiger charge is -2.25. The fourth-order valence-electron chi connectivity index (χ4n) is 1.15. The fraction of sp³-hybridized carbons (Fsp3) is 0.833. The van der Waals surface area contributed by atoms with Gasteiger partial charge in [-0.15, -0.1) is 0 Å². The number of rotatable bonds is 1. The molecule has 1 N–H and O–H groups in total. The number of nitrogens with zero attached hydrogens (tertiary/aromatic N) is 1. The van der Waals surface area contributed by atoms with Crippen LogP contribution in [0.2, 0.25) is 0 Å². The molecule has 0 aromatic rings. The van der Waals surface area contributed by atoms with Gasteiger partial charge in [-0.3, -0.25) is 0 Å². The zero-order valence-corrected chi connectivity index (χ0v) is 6.77. The minimum Gasteiger partial charge on any atom is -0.302 e. The summed E-state index contributed by atoms with van der Waals surface area (Å²) >= 11 is 0. The highest BCUT2D eigenvalue weighted by molar-refractivity contribution is 7.92. The van der Waals surface area contributed by atoms with E-state index in [2.05, 4.69) is 5.87 Å². The Morgan fingerprint density at radius 2 is 1.80 bits per heavy atom. The Balaban J connectivity index is 2.56. The SMILES string of the molecule is C=S(=O)(O)N1CCCCC1. The van der Waals surface area contributed by atoms with Gasteiger partial charge in [-0.05, 0) is 18.7 Å². The van der Waals surface area contributed by atoms with E-state index in [1.165, 1.54) is 6.42 Å². The minimum atomic E-state index is -2.89. The van der Waals surface area contributed by atoms with Crippen molar-refractivity contribution < 1.29 is 8.76 Å².